The van der Waals surface area contributed by atoms with Crippen LogP contribution in [-0.4, -0.2) is 44.1 Å². The fourth-order valence-corrected chi connectivity index (χ4v) is 4.80. The number of fused-ring (bicyclic) bond motifs is 1. The summed E-state index contributed by atoms with van der Waals surface area (Å²) >= 11 is 0. The molecule has 35 heavy (non-hydrogen) atoms. The van der Waals surface area contributed by atoms with Crippen molar-refractivity contribution in [1.29, 1.82) is 0 Å². The van der Waals surface area contributed by atoms with Gasteiger partial charge in [-0.3, -0.25) is 19.3 Å². The van der Waals surface area contributed by atoms with Gasteiger partial charge in [0, 0.05) is 0 Å². The van der Waals surface area contributed by atoms with Crippen molar-refractivity contribution in [1.82, 2.24) is 4.90 Å². The van der Waals surface area contributed by atoms with Crippen LogP contribution in [0, 0.1) is 5.92 Å². The Hall–Kier alpha value is -4.04. The highest BCUT2D eigenvalue weighted by Crippen LogP contribution is 2.50. The Morgan fingerprint density at radius 1 is 0.800 bits per heavy atom. The molecule has 8 nitrogen and oxygen atoms in total. The van der Waals surface area contributed by atoms with Crippen LogP contribution in [0.3, 0.4) is 0 Å². The summed E-state index contributed by atoms with van der Waals surface area (Å²) in [6, 6.07) is 21.9. The van der Waals surface area contributed by atoms with E-state index in [1.807, 2.05) is 60.7 Å². The number of nitrogens with zero attached hydrogens (tertiary/aromatic N) is 2. The zero-order valence-electron chi connectivity index (χ0n) is 19.7. The predicted octanol–water partition coefficient (Wildman–Crippen LogP) is 3.76. The van der Waals surface area contributed by atoms with E-state index in [0.29, 0.717) is 22.8 Å². The number of carbonyl (C=O) groups excluding carboxylic acids is 2. The molecule has 0 unspecified atom stereocenters. The molecule has 8 heteroatoms. The van der Waals surface area contributed by atoms with Gasteiger partial charge in [-0.05, 0) is 35.4 Å². The molecule has 2 aliphatic rings. The highest BCUT2D eigenvalue weighted by molar-refractivity contribution is 6.07. The van der Waals surface area contributed by atoms with Crippen molar-refractivity contribution in [3.05, 3.63) is 83.9 Å². The van der Waals surface area contributed by atoms with Crippen LogP contribution in [0.1, 0.15) is 17.2 Å². The van der Waals surface area contributed by atoms with E-state index in [2.05, 4.69) is 0 Å². The van der Waals surface area contributed by atoms with Gasteiger partial charge < -0.3 is 14.2 Å². The van der Waals surface area contributed by atoms with Crippen LogP contribution in [-0.2, 0) is 21.0 Å². The molecule has 0 aromatic heterocycles. The average molecular weight is 475 g/mol. The minimum absolute atomic E-state index is 0.197. The van der Waals surface area contributed by atoms with E-state index >= 15 is 0 Å². The number of para-hydroxylation sites is 1. The second-order valence-corrected chi connectivity index (χ2v) is 8.36. The van der Waals surface area contributed by atoms with Gasteiger partial charge in [-0.2, -0.15) is 0 Å². The number of likely N-dealkylation sites (tertiary alicyclic amines) is 1. The molecule has 0 aliphatic carbocycles. The lowest BCUT2D eigenvalue weighted by atomic mass is 9.90. The van der Waals surface area contributed by atoms with E-state index in [1.165, 1.54) is 26.2 Å². The van der Waals surface area contributed by atoms with Gasteiger partial charge in [0.05, 0.1) is 39.6 Å². The van der Waals surface area contributed by atoms with Crippen LogP contribution in [0.4, 0.5) is 5.69 Å². The molecule has 2 amide bonds. The number of hydroxylamine groups is 1. The first-order chi connectivity index (χ1) is 17.1. The highest BCUT2D eigenvalue weighted by Gasteiger charge is 2.60. The van der Waals surface area contributed by atoms with Crippen molar-refractivity contribution in [3.8, 4) is 17.2 Å². The van der Waals surface area contributed by atoms with E-state index in [0.717, 1.165) is 11.3 Å². The van der Waals surface area contributed by atoms with Gasteiger partial charge in [0.25, 0.3) is 5.91 Å². The summed E-state index contributed by atoms with van der Waals surface area (Å²) in [6.45, 7) is 0.197. The molecule has 0 bridgehead atoms. The summed E-state index contributed by atoms with van der Waals surface area (Å²) in [5.41, 5.74) is 2.31. The minimum atomic E-state index is -0.935. The average Bonchev–Trinajstić information content (AvgIpc) is 3.41. The maximum absolute atomic E-state index is 13.7. The lowest BCUT2D eigenvalue weighted by Crippen LogP contribution is -2.37. The van der Waals surface area contributed by atoms with E-state index < -0.39 is 18.1 Å². The van der Waals surface area contributed by atoms with Crippen LogP contribution in [0.15, 0.2) is 72.8 Å². The molecule has 3 aromatic carbocycles. The molecule has 0 saturated carbocycles. The Balaban J connectivity index is 1.59. The van der Waals surface area contributed by atoms with Crippen LogP contribution >= 0.6 is 0 Å². The summed E-state index contributed by atoms with van der Waals surface area (Å²) < 4.78 is 16.6. The molecule has 0 spiro atoms. The van der Waals surface area contributed by atoms with Crippen LogP contribution in [0.5, 0.6) is 17.2 Å². The monoisotopic (exact) mass is 474 g/mol. The second-order valence-electron chi connectivity index (χ2n) is 8.36. The minimum Gasteiger partial charge on any atom is -0.493 e. The SMILES string of the molecule is COc1cc([C@@H]2[C@@H]3C(=O)N(Cc4ccccc4)C(=O)[C@@H]3ON2c2ccccc2)cc(OC)c1OC. The number of amides is 2. The van der Waals surface area contributed by atoms with E-state index in [-0.39, 0.29) is 18.4 Å². The largest absolute Gasteiger partial charge is 0.493 e. The topological polar surface area (TPSA) is 77.5 Å². The van der Waals surface area contributed by atoms with Gasteiger partial charge in [0.1, 0.15) is 5.92 Å². The van der Waals surface area contributed by atoms with Gasteiger partial charge in [0.2, 0.25) is 11.7 Å². The number of imide groups is 1. The maximum atomic E-state index is 13.7. The highest BCUT2D eigenvalue weighted by atomic mass is 16.7. The number of hydrogen-bond donors (Lipinski definition) is 0. The van der Waals surface area contributed by atoms with Crippen molar-refractivity contribution in [2.75, 3.05) is 26.4 Å². The first-order valence-corrected chi connectivity index (χ1v) is 11.3. The molecule has 5 rings (SSSR count). The summed E-state index contributed by atoms with van der Waals surface area (Å²) in [7, 11) is 4.61. The molecule has 0 radical (unpaired) electrons. The fourth-order valence-electron chi connectivity index (χ4n) is 4.80. The predicted molar refractivity (Wildman–Crippen MR) is 128 cm³/mol. The smallest absolute Gasteiger partial charge is 0.262 e. The van der Waals surface area contributed by atoms with Gasteiger partial charge in [-0.15, -0.1) is 0 Å². The van der Waals surface area contributed by atoms with Gasteiger partial charge in [0.15, 0.2) is 17.6 Å². The Morgan fingerprint density at radius 2 is 1.40 bits per heavy atom. The van der Waals surface area contributed by atoms with Gasteiger partial charge >= 0.3 is 0 Å². The van der Waals surface area contributed by atoms with Crippen molar-refractivity contribution in [2.45, 2.75) is 18.7 Å². The van der Waals surface area contributed by atoms with Crippen molar-refractivity contribution < 1.29 is 28.6 Å². The van der Waals surface area contributed by atoms with Crippen molar-refractivity contribution in [2.24, 2.45) is 5.92 Å². The van der Waals surface area contributed by atoms with E-state index in [1.54, 1.807) is 17.2 Å². The third-order valence-corrected chi connectivity index (χ3v) is 6.43. The van der Waals surface area contributed by atoms with Crippen LogP contribution in [0.2, 0.25) is 0 Å². The first kappa shape index (κ1) is 22.7. The zero-order valence-corrected chi connectivity index (χ0v) is 19.7. The number of methoxy groups -OCH3 is 3. The third-order valence-electron chi connectivity index (χ3n) is 6.43. The Labute approximate surface area is 203 Å². The number of hydrogen-bond acceptors (Lipinski definition) is 7. The molecule has 0 N–H and O–H groups in total. The second kappa shape index (κ2) is 9.31. The standard InChI is InChI=1S/C27H26N2O6/c1-32-20-14-18(15-21(33-2)24(20)34-3)23-22-25(35-29(23)19-12-8-5-9-13-19)27(31)28(26(22)30)16-17-10-6-4-7-11-17/h4-15,22-23,25H,16H2,1-3H3/t22-,23+,25+/m0/s1. The summed E-state index contributed by atoms with van der Waals surface area (Å²) in [6.07, 6.45) is -0.935. The molecule has 3 atom stereocenters. The maximum Gasteiger partial charge on any atom is 0.262 e. The Kier molecular flexibility index (Phi) is 6.05. The number of carbonyl (C=O) groups is 2. The number of rotatable bonds is 7. The third kappa shape index (κ3) is 3.85. The summed E-state index contributed by atoms with van der Waals surface area (Å²) in [5.74, 6) is -0.0116. The van der Waals surface area contributed by atoms with Crippen molar-refractivity contribution >= 4 is 17.5 Å². The zero-order chi connectivity index (χ0) is 24.5. The first-order valence-electron chi connectivity index (χ1n) is 11.3. The van der Waals surface area contributed by atoms with Gasteiger partial charge in [-0.25, -0.2) is 5.06 Å². The Bertz CT molecular complexity index is 1210. The lowest BCUT2D eigenvalue weighted by molar-refractivity contribution is -0.143. The Morgan fingerprint density at radius 3 is 1.97 bits per heavy atom. The van der Waals surface area contributed by atoms with E-state index in [9.17, 15) is 9.59 Å². The van der Waals surface area contributed by atoms with Crippen LogP contribution < -0.4 is 19.3 Å². The lowest BCUT2D eigenvalue weighted by Gasteiger charge is -2.29. The normalized spacial score (nSPS) is 21.3. The number of benzene rings is 3. The molecular weight excluding hydrogens is 448 g/mol. The molecular formula is C27H26N2O6. The summed E-state index contributed by atoms with van der Waals surface area (Å²) in [4.78, 5) is 34.6. The number of ether oxygens (including phenoxy) is 3. The molecule has 180 valence electrons. The molecule has 2 aliphatic heterocycles. The fraction of sp³-hybridized carbons (Fsp3) is 0.259. The summed E-state index contributed by atoms with van der Waals surface area (Å²) in [5, 5.41) is 1.64. The molecule has 3 aromatic rings. The molecule has 2 fully saturated rings. The van der Waals surface area contributed by atoms with Crippen molar-refractivity contribution in [3.63, 3.8) is 0 Å². The molecule has 2 heterocycles. The van der Waals surface area contributed by atoms with E-state index in [4.69, 9.17) is 19.0 Å². The van der Waals surface area contributed by atoms with Crippen LogP contribution in [0.25, 0.3) is 0 Å². The quantitative estimate of drug-likeness (QED) is 0.483. The molecule has 2 saturated heterocycles. The van der Waals surface area contributed by atoms with Gasteiger partial charge in [-0.1, -0.05) is 48.5 Å². The number of anilines is 1.